The molecule has 0 fully saturated rings. The van der Waals surface area contributed by atoms with Gasteiger partial charge in [-0.05, 0) is 71.1 Å². The standard InChI is InChI=1S/C29H34N2O3S/c1-20(2)22-10-12-24(13-11-22)34-19-26-25-17-28(33-4)27(32-3)16-23(25)14-15-31(26)29(35)30-18-21-8-6-5-7-9-21/h5-13,16-17,20,26H,14-15,18-19H2,1-4H3,(H,30,35). The molecule has 1 aliphatic heterocycles. The molecule has 1 unspecified atom stereocenters. The maximum Gasteiger partial charge on any atom is 0.169 e. The van der Waals surface area contributed by atoms with Crippen LogP contribution in [0.2, 0.25) is 0 Å². The lowest BCUT2D eigenvalue weighted by Gasteiger charge is -2.39. The highest BCUT2D eigenvalue weighted by atomic mass is 32.1. The second kappa shape index (κ2) is 11.5. The van der Waals surface area contributed by atoms with Crippen molar-refractivity contribution in [1.82, 2.24) is 10.2 Å². The SMILES string of the molecule is COc1cc2c(cc1OC)C(COc1ccc(C(C)C)cc1)N(C(=S)NCc1ccccc1)CC2. The molecule has 6 heteroatoms. The summed E-state index contributed by atoms with van der Waals surface area (Å²) in [5.41, 5.74) is 4.87. The van der Waals surface area contributed by atoms with Crippen LogP contribution < -0.4 is 19.5 Å². The molecule has 3 aromatic carbocycles. The molecule has 5 nitrogen and oxygen atoms in total. The van der Waals surface area contributed by atoms with Crippen molar-refractivity contribution in [1.29, 1.82) is 0 Å². The second-order valence-corrected chi connectivity index (χ2v) is 9.43. The number of nitrogens with one attached hydrogen (secondary N) is 1. The Morgan fingerprint density at radius 3 is 2.34 bits per heavy atom. The summed E-state index contributed by atoms with van der Waals surface area (Å²) in [6.07, 6.45) is 0.864. The van der Waals surface area contributed by atoms with Gasteiger partial charge in [-0.25, -0.2) is 0 Å². The average Bonchev–Trinajstić information content (AvgIpc) is 2.90. The molecule has 1 atom stereocenters. The van der Waals surface area contributed by atoms with Crippen LogP contribution in [0.25, 0.3) is 0 Å². The van der Waals surface area contributed by atoms with Crippen molar-refractivity contribution < 1.29 is 14.2 Å². The monoisotopic (exact) mass is 490 g/mol. The van der Waals surface area contributed by atoms with Gasteiger partial charge >= 0.3 is 0 Å². The zero-order valence-corrected chi connectivity index (χ0v) is 21.7. The molecule has 1 aliphatic rings. The van der Waals surface area contributed by atoms with E-state index in [0.717, 1.165) is 35.1 Å². The Kier molecular flexibility index (Phi) is 8.13. The van der Waals surface area contributed by atoms with Crippen molar-refractivity contribution in [3.63, 3.8) is 0 Å². The first-order valence-electron chi connectivity index (χ1n) is 12.1. The van der Waals surface area contributed by atoms with E-state index in [1.54, 1.807) is 14.2 Å². The van der Waals surface area contributed by atoms with Gasteiger partial charge in [0.2, 0.25) is 0 Å². The van der Waals surface area contributed by atoms with E-state index in [-0.39, 0.29) is 6.04 Å². The lowest BCUT2D eigenvalue weighted by Crippen LogP contribution is -2.47. The zero-order chi connectivity index (χ0) is 24.8. The van der Waals surface area contributed by atoms with Crippen LogP contribution in [0.5, 0.6) is 17.2 Å². The Morgan fingerprint density at radius 1 is 1.00 bits per heavy atom. The molecule has 1 N–H and O–H groups in total. The molecule has 184 valence electrons. The number of methoxy groups -OCH3 is 2. The summed E-state index contributed by atoms with van der Waals surface area (Å²) in [6.45, 7) is 6.33. The smallest absolute Gasteiger partial charge is 0.169 e. The van der Waals surface area contributed by atoms with Gasteiger partial charge in [0.25, 0.3) is 0 Å². The Balaban J connectivity index is 1.58. The Bertz CT molecular complexity index is 1130. The Labute approximate surface area is 214 Å². The fourth-order valence-corrected chi connectivity index (χ4v) is 4.74. The quantitative estimate of drug-likeness (QED) is 0.398. The molecule has 1 heterocycles. The van der Waals surface area contributed by atoms with E-state index in [0.29, 0.717) is 24.8 Å². The van der Waals surface area contributed by atoms with Crippen LogP contribution in [0, 0.1) is 0 Å². The van der Waals surface area contributed by atoms with Crippen LogP contribution in [0.1, 0.15) is 48.1 Å². The fraction of sp³-hybridized carbons (Fsp3) is 0.345. The molecule has 0 amide bonds. The van der Waals surface area contributed by atoms with E-state index in [9.17, 15) is 0 Å². The van der Waals surface area contributed by atoms with Gasteiger partial charge in [-0.1, -0.05) is 56.3 Å². The summed E-state index contributed by atoms with van der Waals surface area (Å²) in [4.78, 5) is 2.23. The summed E-state index contributed by atoms with van der Waals surface area (Å²) < 4.78 is 17.5. The molecule has 0 bridgehead atoms. The molecule has 4 rings (SSSR count). The van der Waals surface area contributed by atoms with E-state index >= 15 is 0 Å². The molecular formula is C29H34N2O3S. The third kappa shape index (κ3) is 5.88. The lowest BCUT2D eigenvalue weighted by molar-refractivity contribution is 0.187. The van der Waals surface area contributed by atoms with Gasteiger partial charge < -0.3 is 24.4 Å². The number of hydrogen-bond donors (Lipinski definition) is 1. The van der Waals surface area contributed by atoms with Crippen molar-refractivity contribution in [2.75, 3.05) is 27.4 Å². The fourth-order valence-electron chi connectivity index (χ4n) is 4.45. The number of thiocarbonyl (C=S) groups is 1. The van der Waals surface area contributed by atoms with E-state index in [1.807, 2.05) is 30.3 Å². The third-order valence-corrected chi connectivity index (χ3v) is 6.88. The van der Waals surface area contributed by atoms with Crippen molar-refractivity contribution >= 4 is 17.3 Å². The number of hydrogen-bond acceptors (Lipinski definition) is 4. The molecular weight excluding hydrogens is 456 g/mol. The summed E-state index contributed by atoms with van der Waals surface area (Å²) in [5.74, 6) is 2.79. The summed E-state index contributed by atoms with van der Waals surface area (Å²) in [5, 5.41) is 4.16. The van der Waals surface area contributed by atoms with E-state index < -0.39 is 0 Å². The van der Waals surface area contributed by atoms with Crippen molar-refractivity contribution in [2.45, 2.75) is 38.8 Å². The maximum atomic E-state index is 6.31. The number of ether oxygens (including phenoxy) is 3. The van der Waals surface area contributed by atoms with Gasteiger partial charge in [-0.15, -0.1) is 0 Å². The third-order valence-electron chi connectivity index (χ3n) is 6.50. The van der Waals surface area contributed by atoms with Gasteiger partial charge in [0.15, 0.2) is 16.6 Å². The van der Waals surface area contributed by atoms with Crippen molar-refractivity contribution in [3.8, 4) is 17.2 Å². The van der Waals surface area contributed by atoms with Gasteiger partial charge in [0.1, 0.15) is 12.4 Å². The van der Waals surface area contributed by atoms with Crippen LogP contribution in [0.4, 0.5) is 0 Å². The Hall–Kier alpha value is -3.25. The zero-order valence-electron chi connectivity index (χ0n) is 20.9. The minimum Gasteiger partial charge on any atom is -0.493 e. The summed E-state index contributed by atoms with van der Waals surface area (Å²) >= 11 is 5.87. The molecule has 0 saturated carbocycles. The number of nitrogens with zero attached hydrogens (tertiary/aromatic N) is 1. The molecule has 35 heavy (non-hydrogen) atoms. The van der Waals surface area contributed by atoms with Gasteiger partial charge in [0, 0.05) is 13.1 Å². The minimum atomic E-state index is -0.0564. The van der Waals surface area contributed by atoms with Crippen molar-refractivity contribution in [2.24, 2.45) is 0 Å². The molecule has 0 aliphatic carbocycles. The molecule has 0 spiro atoms. The first kappa shape index (κ1) is 24.9. The molecule has 0 radical (unpaired) electrons. The highest BCUT2D eigenvalue weighted by Gasteiger charge is 2.31. The lowest BCUT2D eigenvalue weighted by atomic mass is 9.92. The van der Waals surface area contributed by atoms with Crippen molar-refractivity contribution in [3.05, 3.63) is 89.0 Å². The molecule has 3 aromatic rings. The molecule has 0 aromatic heterocycles. The predicted octanol–water partition coefficient (Wildman–Crippen LogP) is 5.88. The largest absolute Gasteiger partial charge is 0.493 e. The minimum absolute atomic E-state index is 0.0564. The first-order valence-corrected chi connectivity index (χ1v) is 12.5. The van der Waals surface area contributed by atoms with Crippen LogP contribution in [-0.2, 0) is 13.0 Å². The average molecular weight is 491 g/mol. The van der Waals surface area contributed by atoms with Crippen LogP contribution in [-0.4, -0.2) is 37.4 Å². The molecule has 0 saturated heterocycles. The normalized spacial score (nSPS) is 14.9. The predicted molar refractivity (Wildman–Crippen MR) is 145 cm³/mol. The first-order chi connectivity index (χ1) is 17.0. The number of rotatable bonds is 8. The topological polar surface area (TPSA) is 43.0 Å². The highest BCUT2D eigenvalue weighted by Crippen LogP contribution is 2.38. The van der Waals surface area contributed by atoms with Gasteiger partial charge in [-0.2, -0.15) is 0 Å². The summed E-state index contributed by atoms with van der Waals surface area (Å²) in [6, 6.07) is 22.7. The van der Waals surface area contributed by atoms with E-state index in [1.165, 1.54) is 16.7 Å². The van der Waals surface area contributed by atoms with Gasteiger partial charge in [-0.3, -0.25) is 0 Å². The van der Waals surface area contributed by atoms with Crippen LogP contribution in [0.3, 0.4) is 0 Å². The maximum absolute atomic E-state index is 6.31. The summed E-state index contributed by atoms with van der Waals surface area (Å²) in [7, 11) is 3.34. The van der Waals surface area contributed by atoms with Gasteiger partial charge in [0.05, 0.1) is 20.3 Å². The number of benzene rings is 3. The van der Waals surface area contributed by atoms with Crippen LogP contribution in [0.15, 0.2) is 66.7 Å². The van der Waals surface area contributed by atoms with Crippen LogP contribution >= 0.6 is 12.2 Å². The second-order valence-electron chi connectivity index (χ2n) is 9.04. The van der Waals surface area contributed by atoms with E-state index in [4.69, 9.17) is 26.4 Å². The highest BCUT2D eigenvalue weighted by molar-refractivity contribution is 7.80. The number of fused-ring (bicyclic) bond motifs is 1. The van der Waals surface area contributed by atoms with E-state index in [2.05, 4.69) is 60.5 Å². The Morgan fingerprint density at radius 2 is 1.69 bits per heavy atom.